The van der Waals surface area contributed by atoms with Crippen molar-refractivity contribution in [2.45, 2.75) is 13.8 Å². The molecule has 0 fully saturated rings. The Morgan fingerprint density at radius 1 is 1.62 bits per heavy atom. The molecule has 72 valence electrons. The van der Waals surface area contributed by atoms with Gasteiger partial charge in [-0.3, -0.25) is 4.79 Å². The molecule has 13 heavy (non-hydrogen) atoms. The summed E-state index contributed by atoms with van der Waals surface area (Å²) in [6.45, 7) is 10.8. The zero-order valence-corrected chi connectivity index (χ0v) is 8.09. The normalized spacial score (nSPS) is 10.5. The molecule has 1 amide bonds. The molecular formula is C10H15NO2. The number of ether oxygens (including phenoxy) is 1. The lowest BCUT2D eigenvalue weighted by Gasteiger charge is -2.07. The van der Waals surface area contributed by atoms with Gasteiger partial charge in [-0.25, -0.2) is 0 Å². The van der Waals surface area contributed by atoms with Crippen molar-refractivity contribution >= 4 is 5.91 Å². The molecule has 0 aliphatic rings. The van der Waals surface area contributed by atoms with Crippen LogP contribution in [0.5, 0.6) is 0 Å². The van der Waals surface area contributed by atoms with Crippen molar-refractivity contribution in [1.29, 1.82) is 0 Å². The number of carbonyl (C=O) groups is 1. The zero-order valence-electron chi connectivity index (χ0n) is 8.09. The van der Waals surface area contributed by atoms with Crippen LogP contribution in [0.1, 0.15) is 13.8 Å². The van der Waals surface area contributed by atoms with Crippen LogP contribution in [0.15, 0.2) is 36.8 Å². The van der Waals surface area contributed by atoms with Gasteiger partial charge in [0.1, 0.15) is 5.76 Å². The number of hydrogen-bond donors (Lipinski definition) is 1. The number of carbonyl (C=O) groups excluding carboxylic acids is 1. The number of amides is 1. The second-order valence-electron chi connectivity index (χ2n) is 2.50. The molecule has 0 spiro atoms. The molecule has 0 heterocycles. The summed E-state index contributed by atoms with van der Waals surface area (Å²) in [7, 11) is 0. The molecule has 0 saturated heterocycles. The Morgan fingerprint density at radius 3 is 2.62 bits per heavy atom. The molecule has 0 bridgehead atoms. The molecule has 0 aromatic heterocycles. The molecule has 0 rings (SSSR count). The van der Waals surface area contributed by atoms with Crippen LogP contribution in [0.2, 0.25) is 0 Å². The summed E-state index contributed by atoms with van der Waals surface area (Å²) in [4.78, 5) is 11.0. The van der Waals surface area contributed by atoms with Crippen LogP contribution in [0.3, 0.4) is 0 Å². The molecule has 3 heteroatoms. The van der Waals surface area contributed by atoms with E-state index in [4.69, 9.17) is 4.74 Å². The second kappa shape index (κ2) is 6.06. The van der Waals surface area contributed by atoms with E-state index in [9.17, 15) is 4.79 Å². The van der Waals surface area contributed by atoms with Crippen LogP contribution in [0.25, 0.3) is 0 Å². The van der Waals surface area contributed by atoms with Gasteiger partial charge in [-0.15, -0.1) is 0 Å². The lowest BCUT2D eigenvalue weighted by atomic mass is 10.3. The van der Waals surface area contributed by atoms with Crippen LogP contribution >= 0.6 is 0 Å². The van der Waals surface area contributed by atoms with Gasteiger partial charge in [0.2, 0.25) is 5.91 Å². The van der Waals surface area contributed by atoms with Crippen LogP contribution < -0.4 is 5.32 Å². The topological polar surface area (TPSA) is 38.3 Å². The average molecular weight is 181 g/mol. The summed E-state index contributed by atoms with van der Waals surface area (Å²) in [5.41, 5.74) is 0.481. The van der Waals surface area contributed by atoms with Gasteiger partial charge in [-0.1, -0.05) is 13.2 Å². The Morgan fingerprint density at radius 2 is 2.23 bits per heavy atom. The molecule has 0 aromatic rings. The summed E-state index contributed by atoms with van der Waals surface area (Å²) in [6.07, 6.45) is 3.09. The molecule has 0 radical (unpaired) electrons. The molecule has 0 atom stereocenters. The molecule has 0 aliphatic carbocycles. The molecular weight excluding hydrogens is 166 g/mol. The third-order valence-corrected chi connectivity index (χ3v) is 1.37. The quantitative estimate of drug-likeness (QED) is 0.518. The molecule has 0 aliphatic heterocycles. The molecule has 1 N–H and O–H groups in total. The summed E-state index contributed by atoms with van der Waals surface area (Å²) in [5.74, 6) is 0.483. The fraction of sp³-hybridized carbons (Fsp3) is 0.300. The van der Waals surface area contributed by atoms with E-state index in [1.54, 1.807) is 13.0 Å². The van der Waals surface area contributed by atoms with Gasteiger partial charge in [0.15, 0.2) is 0 Å². The predicted molar refractivity (Wildman–Crippen MR) is 52.9 cm³/mol. The van der Waals surface area contributed by atoms with Gasteiger partial charge in [0.05, 0.1) is 12.8 Å². The first-order valence-electron chi connectivity index (χ1n) is 3.98. The average Bonchev–Trinajstić information content (AvgIpc) is 2.11. The van der Waals surface area contributed by atoms with Crippen molar-refractivity contribution in [1.82, 2.24) is 5.32 Å². The largest absolute Gasteiger partial charge is 0.468 e. The fourth-order valence-corrected chi connectivity index (χ4v) is 0.637. The lowest BCUT2D eigenvalue weighted by Crippen LogP contribution is -2.26. The summed E-state index contributed by atoms with van der Waals surface area (Å²) >= 11 is 0. The number of rotatable bonds is 5. The summed E-state index contributed by atoms with van der Waals surface area (Å²) < 4.78 is 5.00. The maximum atomic E-state index is 11.0. The smallest absolute Gasteiger partial charge is 0.246 e. The third-order valence-electron chi connectivity index (χ3n) is 1.37. The maximum absolute atomic E-state index is 11.0. The van der Waals surface area contributed by atoms with E-state index in [0.29, 0.717) is 17.9 Å². The maximum Gasteiger partial charge on any atom is 0.246 e. The Labute approximate surface area is 78.8 Å². The van der Waals surface area contributed by atoms with Crippen molar-refractivity contribution in [2.75, 3.05) is 6.54 Å². The van der Waals surface area contributed by atoms with Crippen LogP contribution in [0.4, 0.5) is 0 Å². The van der Waals surface area contributed by atoms with Crippen LogP contribution in [-0.2, 0) is 9.53 Å². The number of hydrogen-bond acceptors (Lipinski definition) is 2. The molecule has 3 nitrogen and oxygen atoms in total. The van der Waals surface area contributed by atoms with E-state index < -0.39 is 0 Å². The van der Waals surface area contributed by atoms with Gasteiger partial charge in [-0.2, -0.15) is 0 Å². The molecule has 0 saturated carbocycles. The van der Waals surface area contributed by atoms with Crippen LogP contribution in [0, 0.1) is 0 Å². The van der Waals surface area contributed by atoms with Gasteiger partial charge in [-0.05, 0) is 19.9 Å². The molecule has 0 aromatic carbocycles. The Bertz CT molecular complexity index is 241. The minimum Gasteiger partial charge on any atom is -0.468 e. The van der Waals surface area contributed by atoms with Gasteiger partial charge in [0, 0.05) is 5.57 Å². The minimum atomic E-state index is -0.174. The highest BCUT2D eigenvalue weighted by Crippen LogP contribution is 1.96. The van der Waals surface area contributed by atoms with Crippen molar-refractivity contribution < 1.29 is 9.53 Å². The van der Waals surface area contributed by atoms with E-state index in [2.05, 4.69) is 18.5 Å². The van der Waals surface area contributed by atoms with Crippen molar-refractivity contribution in [2.24, 2.45) is 0 Å². The summed E-state index contributed by atoms with van der Waals surface area (Å²) in [5, 5.41) is 2.64. The fourth-order valence-electron chi connectivity index (χ4n) is 0.637. The van der Waals surface area contributed by atoms with E-state index in [0.717, 1.165) is 0 Å². The molecule has 0 unspecified atom stereocenters. The Balaban J connectivity index is 3.93. The van der Waals surface area contributed by atoms with Gasteiger partial charge < -0.3 is 10.1 Å². The van der Waals surface area contributed by atoms with Gasteiger partial charge in [0.25, 0.3) is 0 Å². The highest BCUT2D eigenvalue weighted by Gasteiger charge is 2.01. The predicted octanol–water partition coefficient (Wildman–Crippen LogP) is 1.74. The SMILES string of the molecule is C=CO/C(=C\C)CNC(=O)C(=C)C. The second-order valence-corrected chi connectivity index (χ2v) is 2.50. The van der Waals surface area contributed by atoms with Crippen LogP contribution in [-0.4, -0.2) is 12.5 Å². The van der Waals surface area contributed by atoms with Crippen molar-refractivity contribution in [3.05, 3.63) is 36.8 Å². The monoisotopic (exact) mass is 181 g/mol. The van der Waals surface area contributed by atoms with E-state index in [1.165, 1.54) is 6.26 Å². The van der Waals surface area contributed by atoms with E-state index in [-0.39, 0.29) is 5.91 Å². The number of allylic oxidation sites excluding steroid dienone is 1. The van der Waals surface area contributed by atoms with E-state index >= 15 is 0 Å². The summed E-state index contributed by atoms with van der Waals surface area (Å²) in [6, 6.07) is 0. The zero-order chi connectivity index (χ0) is 10.3. The van der Waals surface area contributed by atoms with Gasteiger partial charge >= 0.3 is 0 Å². The first kappa shape index (κ1) is 11.5. The first-order chi connectivity index (χ1) is 6.11. The van der Waals surface area contributed by atoms with Crippen molar-refractivity contribution in [3.8, 4) is 0 Å². The Hall–Kier alpha value is -1.51. The standard InChI is InChI=1S/C10H15NO2/c1-5-9(13-6-2)7-11-10(12)8(3)4/h5-6H,2-3,7H2,1,4H3,(H,11,12)/b9-5-. The number of nitrogens with one attached hydrogen (secondary N) is 1. The highest BCUT2D eigenvalue weighted by atomic mass is 16.5. The first-order valence-corrected chi connectivity index (χ1v) is 3.98. The van der Waals surface area contributed by atoms with E-state index in [1.807, 2.05) is 6.92 Å². The van der Waals surface area contributed by atoms with Crippen molar-refractivity contribution in [3.63, 3.8) is 0 Å². The Kier molecular flexibility index (Phi) is 5.35. The minimum absolute atomic E-state index is 0.174. The highest BCUT2D eigenvalue weighted by molar-refractivity contribution is 5.92. The third kappa shape index (κ3) is 4.85. The lowest BCUT2D eigenvalue weighted by molar-refractivity contribution is -0.117.